The van der Waals surface area contributed by atoms with Crippen LogP contribution in [-0.2, 0) is 10.4 Å². The van der Waals surface area contributed by atoms with E-state index in [1.54, 1.807) is 31.4 Å². The Bertz CT molecular complexity index is 1080. The van der Waals surface area contributed by atoms with E-state index in [1.807, 2.05) is 24.3 Å². The first-order valence-electron chi connectivity index (χ1n) is 8.67. The standard InChI is InChI=1S/C19H18N6O3/c1-24-9-8-19(28,18(24)27)16-11-25(23-22-16)13-5-2-4-12(10-13)14-6-3-7-15(21-14)17(20)26/h2-7,10-11,28H,8-9H2,1H3,(H2,20,26)/t19-/m1/s1. The summed E-state index contributed by atoms with van der Waals surface area (Å²) in [5.41, 5.74) is 6.05. The number of hydrogen-bond acceptors (Lipinski definition) is 6. The Morgan fingerprint density at radius 3 is 2.75 bits per heavy atom. The van der Waals surface area contributed by atoms with Crippen molar-refractivity contribution >= 4 is 11.8 Å². The minimum atomic E-state index is -1.65. The highest BCUT2D eigenvalue weighted by molar-refractivity contribution is 5.91. The maximum atomic E-state index is 12.3. The lowest BCUT2D eigenvalue weighted by Gasteiger charge is -2.17. The molecule has 1 saturated heterocycles. The first-order chi connectivity index (χ1) is 13.4. The lowest BCUT2D eigenvalue weighted by atomic mass is 9.99. The van der Waals surface area contributed by atoms with Gasteiger partial charge in [0.2, 0.25) is 0 Å². The third-order valence-electron chi connectivity index (χ3n) is 4.83. The summed E-state index contributed by atoms with van der Waals surface area (Å²) in [6.45, 7) is 0.458. The molecule has 3 N–H and O–H groups in total. The number of likely N-dealkylation sites (N-methyl/N-ethyl adjacent to an activating group) is 1. The highest BCUT2D eigenvalue weighted by Gasteiger charge is 2.47. The SMILES string of the molecule is CN1CC[C@@](O)(c2cn(-c3cccc(-c4cccc(C(N)=O)n4)c3)nn2)C1=O. The molecule has 0 radical (unpaired) electrons. The van der Waals surface area contributed by atoms with Crippen LogP contribution in [-0.4, -0.2) is 55.4 Å². The Kier molecular flexibility index (Phi) is 4.16. The van der Waals surface area contributed by atoms with Gasteiger partial charge in [-0.1, -0.05) is 23.4 Å². The van der Waals surface area contributed by atoms with E-state index in [-0.39, 0.29) is 23.7 Å². The molecule has 9 nitrogen and oxygen atoms in total. The van der Waals surface area contributed by atoms with Crippen LogP contribution in [0, 0.1) is 0 Å². The molecule has 3 heterocycles. The first-order valence-corrected chi connectivity index (χ1v) is 8.67. The quantitative estimate of drug-likeness (QED) is 0.680. The normalized spacial score (nSPS) is 19.2. The van der Waals surface area contributed by atoms with Crippen LogP contribution in [0.3, 0.4) is 0 Å². The molecule has 1 aromatic carbocycles. The van der Waals surface area contributed by atoms with Crippen molar-refractivity contribution in [2.45, 2.75) is 12.0 Å². The van der Waals surface area contributed by atoms with Gasteiger partial charge in [-0.05, 0) is 24.3 Å². The maximum Gasteiger partial charge on any atom is 0.267 e. The number of carbonyl (C=O) groups is 2. The second kappa shape index (κ2) is 6.54. The van der Waals surface area contributed by atoms with Crippen molar-refractivity contribution in [3.63, 3.8) is 0 Å². The summed E-state index contributed by atoms with van der Waals surface area (Å²) in [7, 11) is 1.64. The van der Waals surface area contributed by atoms with Crippen molar-refractivity contribution in [2.75, 3.05) is 13.6 Å². The van der Waals surface area contributed by atoms with Gasteiger partial charge in [0, 0.05) is 25.6 Å². The van der Waals surface area contributed by atoms with Gasteiger partial charge in [-0.3, -0.25) is 9.59 Å². The van der Waals surface area contributed by atoms with Gasteiger partial charge in [-0.15, -0.1) is 5.10 Å². The van der Waals surface area contributed by atoms with Crippen LogP contribution in [0.25, 0.3) is 16.9 Å². The number of nitrogens with zero attached hydrogens (tertiary/aromatic N) is 5. The Morgan fingerprint density at radius 1 is 1.25 bits per heavy atom. The van der Waals surface area contributed by atoms with E-state index in [4.69, 9.17) is 5.73 Å². The Labute approximate surface area is 160 Å². The summed E-state index contributed by atoms with van der Waals surface area (Å²) in [5.74, 6) is -0.987. The van der Waals surface area contributed by atoms with Gasteiger partial charge < -0.3 is 15.7 Å². The van der Waals surface area contributed by atoms with E-state index < -0.39 is 11.5 Å². The molecule has 2 amide bonds. The van der Waals surface area contributed by atoms with Crippen molar-refractivity contribution in [1.82, 2.24) is 24.9 Å². The molecule has 1 aliphatic rings. The molecule has 0 unspecified atom stereocenters. The predicted molar refractivity (Wildman–Crippen MR) is 99.3 cm³/mol. The van der Waals surface area contributed by atoms with Crippen molar-refractivity contribution in [3.05, 3.63) is 60.0 Å². The summed E-state index contributed by atoms with van der Waals surface area (Å²) in [6, 6.07) is 12.3. The number of aliphatic hydroxyl groups is 1. The fourth-order valence-electron chi connectivity index (χ4n) is 3.21. The molecule has 1 aliphatic heterocycles. The third-order valence-corrected chi connectivity index (χ3v) is 4.83. The second-order valence-electron chi connectivity index (χ2n) is 6.71. The van der Waals surface area contributed by atoms with Gasteiger partial charge >= 0.3 is 0 Å². The van der Waals surface area contributed by atoms with Crippen molar-refractivity contribution in [1.29, 1.82) is 0 Å². The molecule has 142 valence electrons. The van der Waals surface area contributed by atoms with Crippen LogP contribution < -0.4 is 5.73 Å². The zero-order valence-corrected chi connectivity index (χ0v) is 15.1. The number of carbonyl (C=O) groups excluding carboxylic acids is 2. The van der Waals surface area contributed by atoms with Crippen LogP contribution in [0.2, 0.25) is 0 Å². The number of likely N-dealkylation sites (tertiary alicyclic amines) is 1. The predicted octanol–water partition coefficient (Wildman–Crippen LogP) is 0.478. The summed E-state index contributed by atoms with van der Waals surface area (Å²) >= 11 is 0. The molecule has 1 fully saturated rings. The van der Waals surface area contributed by atoms with E-state index in [2.05, 4.69) is 15.3 Å². The van der Waals surface area contributed by atoms with Gasteiger partial charge in [-0.25, -0.2) is 9.67 Å². The highest BCUT2D eigenvalue weighted by Crippen LogP contribution is 2.31. The largest absolute Gasteiger partial charge is 0.374 e. The molecule has 9 heteroatoms. The van der Waals surface area contributed by atoms with Gasteiger partial charge in [0.15, 0.2) is 5.60 Å². The van der Waals surface area contributed by atoms with Gasteiger partial charge in [0.1, 0.15) is 11.4 Å². The summed E-state index contributed by atoms with van der Waals surface area (Å²) in [5, 5.41) is 18.8. The number of primary amides is 1. The fourth-order valence-corrected chi connectivity index (χ4v) is 3.21. The molecule has 0 saturated carbocycles. The number of hydrogen-bond donors (Lipinski definition) is 2. The molecule has 28 heavy (non-hydrogen) atoms. The third kappa shape index (κ3) is 2.91. The molecular weight excluding hydrogens is 360 g/mol. The number of nitrogens with two attached hydrogens (primary N) is 1. The van der Waals surface area contributed by atoms with Gasteiger partial charge in [0.25, 0.3) is 11.8 Å². The molecule has 0 aliphatic carbocycles. The van der Waals surface area contributed by atoms with E-state index >= 15 is 0 Å². The lowest BCUT2D eigenvalue weighted by molar-refractivity contribution is -0.143. The molecule has 3 aromatic rings. The Hall–Kier alpha value is -3.59. The van der Waals surface area contributed by atoms with E-state index in [1.165, 1.54) is 9.58 Å². The smallest absolute Gasteiger partial charge is 0.267 e. The lowest BCUT2D eigenvalue weighted by Crippen LogP contribution is -2.36. The Balaban J connectivity index is 1.68. The second-order valence-corrected chi connectivity index (χ2v) is 6.71. The van der Waals surface area contributed by atoms with Crippen LogP contribution in [0.4, 0.5) is 0 Å². The number of benzene rings is 1. The first kappa shape index (κ1) is 17.8. The summed E-state index contributed by atoms with van der Waals surface area (Å²) in [6.07, 6.45) is 1.81. The topological polar surface area (TPSA) is 127 Å². The molecule has 0 spiro atoms. The average molecular weight is 378 g/mol. The van der Waals surface area contributed by atoms with Gasteiger partial charge in [-0.2, -0.15) is 0 Å². The zero-order valence-electron chi connectivity index (χ0n) is 15.1. The van der Waals surface area contributed by atoms with E-state index in [9.17, 15) is 14.7 Å². The van der Waals surface area contributed by atoms with Gasteiger partial charge in [0.05, 0.1) is 17.6 Å². The molecule has 2 aromatic heterocycles. The molecule has 1 atom stereocenters. The minimum absolute atomic E-state index is 0.178. The summed E-state index contributed by atoms with van der Waals surface area (Å²) in [4.78, 5) is 29.4. The van der Waals surface area contributed by atoms with Crippen LogP contribution in [0.15, 0.2) is 48.7 Å². The number of amides is 2. The average Bonchev–Trinajstić information content (AvgIpc) is 3.31. The zero-order chi connectivity index (χ0) is 19.9. The highest BCUT2D eigenvalue weighted by atomic mass is 16.3. The summed E-state index contributed by atoms with van der Waals surface area (Å²) < 4.78 is 1.49. The van der Waals surface area contributed by atoms with E-state index in [0.29, 0.717) is 17.9 Å². The number of aromatic nitrogens is 4. The maximum absolute atomic E-state index is 12.3. The van der Waals surface area contributed by atoms with Crippen LogP contribution >= 0.6 is 0 Å². The fraction of sp³-hybridized carbons (Fsp3) is 0.211. The number of rotatable bonds is 4. The monoisotopic (exact) mass is 378 g/mol. The van der Waals surface area contributed by atoms with E-state index in [0.717, 1.165) is 5.56 Å². The molecular formula is C19H18N6O3. The minimum Gasteiger partial charge on any atom is -0.374 e. The van der Waals surface area contributed by atoms with Crippen LogP contribution in [0.5, 0.6) is 0 Å². The Morgan fingerprint density at radius 2 is 2.04 bits per heavy atom. The van der Waals surface area contributed by atoms with Crippen molar-refractivity contribution in [3.8, 4) is 16.9 Å². The molecule has 4 rings (SSSR count). The number of pyridine rings is 1. The van der Waals surface area contributed by atoms with Crippen LogP contribution in [0.1, 0.15) is 22.6 Å². The van der Waals surface area contributed by atoms with Crippen molar-refractivity contribution in [2.24, 2.45) is 5.73 Å². The van der Waals surface area contributed by atoms with Crippen molar-refractivity contribution < 1.29 is 14.7 Å². The molecule has 0 bridgehead atoms.